The molecule has 0 radical (unpaired) electrons. The Morgan fingerprint density at radius 2 is 1.85 bits per heavy atom. The molecule has 20 heavy (non-hydrogen) atoms. The van der Waals surface area contributed by atoms with Gasteiger partial charge in [0, 0.05) is 25.4 Å². The van der Waals surface area contributed by atoms with Crippen LogP contribution in [0.25, 0.3) is 0 Å². The highest BCUT2D eigenvalue weighted by atomic mass is 16.7. The van der Waals surface area contributed by atoms with Crippen molar-refractivity contribution in [2.24, 2.45) is 0 Å². The summed E-state index contributed by atoms with van der Waals surface area (Å²) in [5.41, 5.74) is 1.05. The summed E-state index contributed by atoms with van der Waals surface area (Å²) in [7, 11) is 2.86. The van der Waals surface area contributed by atoms with Gasteiger partial charge in [-0.3, -0.25) is 4.79 Å². The molecule has 0 saturated carbocycles. The van der Waals surface area contributed by atoms with Crippen LogP contribution in [0.4, 0.5) is 0 Å². The van der Waals surface area contributed by atoms with E-state index in [-0.39, 0.29) is 5.78 Å². The van der Waals surface area contributed by atoms with E-state index in [1.165, 1.54) is 20.3 Å². The number of hydrogen-bond acceptors (Lipinski definition) is 3. The molecule has 0 bridgehead atoms. The molecule has 104 valence electrons. The lowest BCUT2D eigenvalue weighted by molar-refractivity contribution is -0.140. The van der Waals surface area contributed by atoms with Gasteiger partial charge in [0.05, 0.1) is 0 Å². The summed E-state index contributed by atoms with van der Waals surface area (Å²) >= 11 is 0. The number of methoxy groups -OCH3 is 2. The number of carbonyl (C=O) groups excluding carboxylic acids is 1. The molecule has 0 saturated heterocycles. The van der Waals surface area contributed by atoms with Crippen LogP contribution in [-0.2, 0) is 9.47 Å². The highest BCUT2D eigenvalue weighted by Crippen LogP contribution is 2.28. The molecule has 0 aliphatic rings. The molecule has 1 rings (SSSR count). The SMILES string of the molecule is C#C/C=C\C(=C/C)C(OC)(OC)C(=O)c1ccccc1. The van der Waals surface area contributed by atoms with Gasteiger partial charge in [0.2, 0.25) is 5.78 Å². The van der Waals surface area contributed by atoms with Crippen molar-refractivity contribution in [3.8, 4) is 12.3 Å². The number of allylic oxidation sites excluding steroid dienone is 2. The normalized spacial score (nSPS) is 12.4. The molecule has 3 nitrogen and oxygen atoms in total. The molecule has 0 aliphatic heterocycles. The molecule has 0 spiro atoms. The van der Waals surface area contributed by atoms with Gasteiger partial charge in [-0.1, -0.05) is 42.3 Å². The van der Waals surface area contributed by atoms with Gasteiger partial charge >= 0.3 is 0 Å². The second kappa shape index (κ2) is 7.44. The minimum Gasteiger partial charge on any atom is -0.343 e. The van der Waals surface area contributed by atoms with E-state index < -0.39 is 5.79 Å². The Hall–Kier alpha value is -2.15. The van der Waals surface area contributed by atoms with E-state index in [4.69, 9.17) is 15.9 Å². The maximum Gasteiger partial charge on any atom is 0.260 e. The summed E-state index contributed by atoms with van der Waals surface area (Å²) < 4.78 is 10.8. The van der Waals surface area contributed by atoms with E-state index in [2.05, 4.69) is 5.92 Å². The minimum atomic E-state index is -1.50. The molecule has 0 amide bonds. The number of carbonyl (C=O) groups is 1. The van der Waals surface area contributed by atoms with E-state index in [0.717, 1.165) is 0 Å². The quantitative estimate of drug-likeness (QED) is 0.345. The van der Waals surface area contributed by atoms with Crippen molar-refractivity contribution in [3.05, 3.63) is 59.7 Å². The molecule has 0 fully saturated rings. The fourth-order valence-electron chi connectivity index (χ4n) is 1.95. The summed E-state index contributed by atoms with van der Waals surface area (Å²) in [5.74, 6) is 0.611. The Morgan fingerprint density at radius 1 is 1.25 bits per heavy atom. The second-order valence-electron chi connectivity index (χ2n) is 3.96. The predicted octanol–water partition coefficient (Wildman–Crippen LogP) is 2.99. The number of rotatable bonds is 6. The summed E-state index contributed by atoms with van der Waals surface area (Å²) in [5, 5.41) is 0. The minimum absolute atomic E-state index is 0.280. The first-order valence-electron chi connectivity index (χ1n) is 6.15. The standard InChI is InChI=1S/C17H18O3/c1-5-7-13-15(6-2)17(19-3,20-4)16(18)14-11-9-8-10-12-14/h1,6-13H,2-4H3/b13-7-,15-6+. The lowest BCUT2D eigenvalue weighted by Gasteiger charge is -2.30. The first-order valence-corrected chi connectivity index (χ1v) is 6.15. The third-order valence-electron chi connectivity index (χ3n) is 2.96. The van der Waals surface area contributed by atoms with Crippen LogP contribution >= 0.6 is 0 Å². The molecular weight excluding hydrogens is 252 g/mol. The van der Waals surface area contributed by atoms with Gasteiger partial charge in [0.1, 0.15) is 0 Å². The summed E-state index contributed by atoms with van der Waals surface area (Å²) in [4.78, 5) is 12.7. The largest absolute Gasteiger partial charge is 0.343 e. The van der Waals surface area contributed by atoms with Crippen molar-refractivity contribution < 1.29 is 14.3 Å². The number of benzene rings is 1. The molecule has 0 atom stereocenters. The molecule has 0 aromatic heterocycles. The number of Topliss-reactive ketones (excluding diaryl/α,β-unsaturated/α-hetero) is 1. The Bertz CT molecular complexity index is 543. The summed E-state index contributed by atoms with van der Waals surface area (Å²) in [6.07, 6.45) is 10.1. The zero-order chi connectivity index (χ0) is 15.0. The number of ether oxygens (including phenoxy) is 2. The number of terminal acetylenes is 1. The molecule has 3 heteroatoms. The van der Waals surface area contributed by atoms with Crippen LogP contribution < -0.4 is 0 Å². The van der Waals surface area contributed by atoms with Crippen LogP contribution in [-0.4, -0.2) is 25.8 Å². The van der Waals surface area contributed by atoms with Gasteiger partial charge in [0.15, 0.2) is 0 Å². The molecule has 1 aromatic rings. The van der Waals surface area contributed by atoms with Crippen LogP contribution in [0, 0.1) is 12.3 Å². The first-order chi connectivity index (χ1) is 9.66. The van der Waals surface area contributed by atoms with Crippen molar-refractivity contribution >= 4 is 5.78 Å². The van der Waals surface area contributed by atoms with Gasteiger partial charge in [-0.15, -0.1) is 6.42 Å². The maximum absolute atomic E-state index is 12.7. The molecule has 0 aliphatic carbocycles. The Morgan fingerprint density at radius 3 is 2.30 bits per heavy atom. The summed E-state index contributed by atoms with van der Waals surface area (Å²) in [6.45, 7) is 1.79. The zero-order valence-corrected chi connectivity index (χ0v) is 11.9. The van der Waals surface area contributed by atoms with Crippen LogP contribution in [0.15, 0.2) is 54.1 Å². The van der Waals surface area contributed by atoms with Crippen LogP contribution in [0.1, 0.15) is 17.3 Å². The van der Waals surface area contributed by atoms with Crippen molar-refractivity contribution in [2.45, 2.75) is 12.7 Å². The lowest BCUT2D eigenvalue weighted by Crippen LogP contribution is -2.44. The monoisotopic (exact) mass is 270 g/mol. The Kier molecular flexibility index (Phi) is 5.92. The average Bonchev–Trinajstić information content (AvgIpc) is 2.52. The van der Waals surface area contributed by atoms with Gasteiger partial charge in [-0.05, 0) is 19.1 Å². The van der Waals surface area contributed by atoms with E-state index in [1.807, 2.05) is 6.07 Å². The first kappa shape index (κ1) is 15.9. The van der Waals surface area contributed by atoms with Gasteiger partial charge < -0.3 is 9.47 Å². The topological polar surface area (TPSA) is 35.5 Å². The lowest BCUT2D eigenvalue weighted by atomic mass is 9.95. The van der Waals surface area contributed by atoms with Crippen LogP contribution in [0.3, 0.4) is 0 Å². The van der Waals surface area contributed by atoms with Crippen molar-refractivity contribution in [1.29, 1.82) is 0 Å². The van der Waals surface area contributed by atoms with Gasteiger partial charge in [0.25, 0.3) is 5.79 Å². The fraction of sp³-hybridized carbons (Fsp3) is 0.235. The summed E-state index contributed by atoms with van der Waals surface area (Å²) in [6, 6.07) is 8.85. The van der Waals surface area contributed by atoms with Crippen molar-refractivity contribution in [2.75, 3.05) is 14.2 Å². The molecular formula is C17H18O3. The third kappa shape index (κ3) is 3.05. The van der Waals surface area contributed by atoms with E-state index >= 15 is 0 Å². The van der Waals surface area contributed by atoms with Crippen molar-refractivity contribution in [3.63, 3.8) is 0 Å². The average molecular weight is 270 g/mol. The zero-order valence-electron chi connectivity index (χ0n) is 11.9. The smallest absolute Gasteiger partial charge is 0.260 e. The molecule has 1 aromatic carbocycles. The van der Waals surface area contributed by atoms with Crippen molar-refractivity contribution in [1.82, 2.24) is 0 Å². The Balaban J connectivity index is 3.32. The highest BCUT2D eigenvalue weighted by Gasteiger charge is 2.42. The maximum atomic E-state index is 12.7. The van der Waals surface area contributed by atoms with Gasteiger partial charge in [-0.2, -0.15) is 0 Å². The Labute approximate surface area is 119 Å². The fourth-order valence-corrected chi connectivity index (χ4v) is 1.95. The number of hydrogen-bond donors (Lipinski definition) is 0. The van der Waals surface area contributed by atoms with Crippen LogP contribution in [0.5, 0.6) is 0 Å². The highest BCUT2D eigenvalue weighted by molar-refractivity contribution is 6.04. The van der Waals surface area contributed by atoms with E-state index in [1.54, 1.807) is 43.3 Å². The van der Waals surface area contributed by atoms with E-state index in [0.29, 0.717) is 11.1 Å². The molecule has 0 unspecified atom stereocenters. The van der Waals surface area contributed by atoms with Gasteiger partial charge in [-0.25, -0.2) is 0 Å². The predicted molar refractivity (Wildman–Crippen MR) is 79.3 cm³/mol. The number of ketones is 1. The van der Waals surface area contributed by atoms with Crippen LogP contribution in [0.2, 0.25) is 0 Å². The third-order valence-corrected chi connectivity index (χ3v) is 2.96. The molecule has 0 heterocycles. The second-order valence-corrected chi connectivity index (χ2v) is 3.96. The molecule has 0 N–H and O–H groups in total. The van der Waals surface area contributed by atoms with E-state index in [9.17, 15) is 4.79 Å².